The first kappa shape index (κ1) is 19.8. The second-order valence-electron chi connectivity index (χ2n) is 6.64. The first-order valence-electron chi connectivity index (χ1n) is 9.34. The summed E-state index contributed by atoms with van der Waals surface area (Å²) in [7, 11) is 0. The van der Waals surface area contributed by atoms with Crippen molar-refractivity contribution in [3.8, 4) is 0 Å². The summed E-state index contributed by atoms with van der Waals surface area (Å²) in [5, 5.41) is 0. The lowest BCUT2D eigenvalue weighted by atomic mass is 10.2. The molecule has 6 nitrogen and oxygen atoms in total. The number of benzene rings is 1. The molecule has 8 heteroatoms. The Balaban J connectivity index is 1.63. The zero-order valence-corrected chi connectivity index (χ0v) is 16.3. The Morgan fingerprint density at radius 1 is 1.37 bits per heavy atom. The fourth-order valence-corrected chi connectivity index (χ4v) is 4.08. The standard InChI is InChI=1S/C19H25FN2O4S/c1-2-4-18(23)25-13-15-12-22(19(24)26-15)14-5-6-17(16(20)11-14)21-7-3-9-27-10-8-21/h5-6,11,15H,2-4,7-10,12-13H2,1H3. The van der Waals surface area contributed by atoms with Gasteiger partial charge in [-0.3, -0.25) is 9.69 Å². The first-order chi connectivity index (χ1) is 13.1. The van der Waals surface area contributed by atoms with Gasteiger partial charge in [-0.15, -0.1) is 0 Å². The van der Waals surface area contributed by atoms with Crippen molar-refractivity contribution < 1.29 is 23.5 Å². The second kappa shape index (κ2) is 9.30. The summed E-state index contributed by atoms with van der Waals surface area (Å²) in [6.07, 6.45) is 0.986. The molecule has 1 aromatic carbocycles. The molecular weight excluding hydrogens is 371 g/mol. The molecule has 0 saturated carbocycles. The van der Waals surface area contributed by atoms with Gasteiger partial charge in [-0.05, 0) is 36.8 Å². The number of rotatable bonds is 6. The number of esters is 1. The molecule has 3 rings (SSSR count). The predicted octanol–water partition coefficient (Wildman–Crippen LogP) is 3.44. The highest BCUT2D eigenvalue weighted by Crippen LogP contribution is 2.29. The SMILES string of the molecule is CCCC(=O)OCC1CN(c2ccc(N3CCCSCC3)c(F)c2)C(=O)O1. The van der Waals surface area contributed by atoms with Crippen LogP contribution in [0.1, 0.15) is 26.2 Å². The highest BCUT2D eigenvalue weighted by molar-refractivity contribution is 7.99. The Hall–Kier alpha value is -1.96. The number of hydrogen-bond acceptors (Lipinski definition) is 6. The monoisotopic (exact) mass is 396 g/mol. The maximum atomic E-state index is 14.7. The van der Waals surface area contributed by atoms with E-state index in [0.717, 1.165) is 31.0 Å². The van der Waals surface area contributed by atoms with Crippen molar-refractivity contribution in [2.75, 3.05) is 47.5 Å². The van der Waals surface area contributed by atoms with Gasteiger partial charge in [0.2, 0.25) is 0 Å². The Morgan fingerprint density at radius 2 is 2.22 bits per heavy atom. The molecule has 0 N–H and O–H groups in total. The van der Waals surface area contributed by atoms with Crippen LogP contribution in [0.5, 0.6) is 0 Å². The summed E-state index contributed by atoms with van der Waals surface area (Å²) in [5.74, 6) is 1.43. The molecule has 1 atom stereocenters. The molecule has 1 amide bonds. The number of hydrogen-bond donors (Lipinski definition) is 0. The summed E-state index contributed by atoms with van der Waals surface area (Å²) in [5.41, 5.74) is 1.02. The number of amides is 1. The first-order valence-corrected chi connectivity index (χ1v) is 10.5. The van der Waals surface area contributed by atoms with Crippen molar-refractivity contribution in [3.05, 3.63) is 24.0 Å². The van der Waals surface area contributed by atoms with Gasteiger partial charge in [-0.2, -0.15) is 11.8 Å². The van der Waals surface area contributed by atoms with Gasteiger partial charge in [0, 0.05) is 25.3 Å². The van der Waals surface area contributed by atoms with Crippen LogP contribution in [0.3, 0.4) is 0 Å². The average molecular weight is 396 g/mol. The van der Waals surface area contributed by atoms with E-state index in [1.54, 1.807) is 12.1 Å². The number of halogens is 1. The molecule has 0 spiro atoms. The van der Waals surface area contributed by atoms with Crippen molar-refractivity contribution in [1.29, 1.82) is 0 Å². The van der Waals surface area contributed by atoms with Crippen molar-refractivity contribution in [2.45, 2.75) is 32.3 Å². The smallest absolute Gasteiger partial charge is 0.414 e. The molecule has 27 heavy (non-hydrogen) atoms. The molecule has 148 valence electrons. The lowest BCUT2D eigenvalue weighted by molar-refractivity contribution is -0.146. The molecule has 2 aliphatic rings. The Bertz CT molecular complexity index is 680. The third-order valence-corrected chi connectivity index (χ3v) is 5.61. The van der Waals surface area contributed by atoms with E-state index < -0.39 is 12.2 Å². The summed E-state index contributed by atoms with van der Waals surface area (Å²) >= 11 is 1.88. The van der Waals surface area contributed by atoms with Crippen LogP contribution in [0.2, 0.25) is 0 Å². The number of nitrogens with zero attached hydrogens (tertiary/aromatic N) is 2. The minimum Gasteiger partial charge on any atom is -0.462 e. The molecule has 2 aliphatic heterocycles. The quantitative estimate of drug-likeness (QED) is 0.687. The van der Waals surface area contributed by atoms with Crippen molar-refractivity contribution >= 4 is 35.2 Å². The highest BCUT2D eigenvalue weighted by Gasteiger charge is 2.33. The van der Waals surface area contributed by atoms with E-state index in [1.807, 2.05) is 18.7 Å². The van der Waals surface area contributed by atoms with Gasteiger partial charge in [0.25, 0.3) is 0 Å². The zero-order valence-electron chi connectivity index (χ0n) is 15.5. The summed E-state index contributed by atoms with van der Waals surface area (Å²) < 4.78 is 25.0. The van der Waals surface area contributed by atoms with E-state index in [4.69, 9.17) is 9.47 Å². The Kier molecular flexibility index (Phi) is 6.82. The van der Waals surface area contributed by atoms with Crippen LogP contribution in [-0.4, -0.2) is 55.9 Å². The maximum absolute atomic E-state index is 14.7. The molecule has 2 saturated heterocycles. The third-order valence-electron chi connectivity index (χ3n) is 4.56. The zero-order chi connectivity index (χ0) is 19.2. The molecule has 1 aromatic rings. The van der Waals surface area contributed by atoms with Crippen LogP contribution in [0.25, 0.3) is 0 Å². The molecule has 0 aromatic heterocycles. The third kappa shape index (κ3) is 5.06. The molecular formula is C19H25FN2O4S. The van der Waals surface area contributed by atoms with Crippen LogP contribution in [0.15, 0.2) is 18.2 Å². The van der Waals surface area contributed by atoms with E-state index in [0.29, 0.717) is 24.2 Å². The van der Waals surface area contributed by atoms with Gasteiger partial charge in [-0.25, -0.2) is 9.18 Å². The summed E-state index contributed by atoms with van der Waals surface area (Å²) in [6, 6.07) is 4.84. The molecule has 0 radical (unpaired) electrons. The topological polar surface area (TPSA) is 59.1 Å². The van der Waals surface area contributed by atoms with E-state index >= 15 is 0 Å². The minimum atomic E-state index is -0.551. The lowest BCUT2D eigenvalue weighted by Gasteiger charge is -2.24. The van der Waals surface area contributed by atoms with Crippen molar-refractivity contribution in [2.24, 2.45) is 0 Å². The van der Waals surface area contributed by atoms with Crippen molar-refractivity contribution in [3.63, 3.8) is 0 Å². The fraction of sp³-hybridized carbons (Fsp3) is 0.579. The maximum Gasteiger partial charge on any atom is 0.414 e. The molecule has 0 bridgehead atoms. The fourth-order valence-electron chi connectivity index (χ4n) is 3.19. The number of cyclic esters (lactones) is 1. The highest BCUT2D eigenvalue weighted by atomic mass is 32.2. The van der Waals surface area contributed by atoms with Gasteiger partial charge in [0.15, 0.2) is 6.10 Å². The Morgan fingerprint density at radius 3 is 3.00 bits per heavy atom. The van der Waals surface area contributed by atoms with Gasteiger partial charge >= 0.3 is 12.1 Å². The van der Waals surface area contributed by atoms with Crippen LogP contribution >= 0.6 is 11.8 Å². The predicted molar refractivity (Wildman–Crippen MR) is 104 cm³/mol. The number of thioether (sulfide) groups is 1. The van der Waals surface area contributed by atoms with Gasteiger partial charge in [0.1, 0.15) is 12.4 Å². The number of ether oxygens (including phenoxy) is 2. The summed E-state index contributed by atoms with van der Waals surface area (Å²) in [6.45, 7) is 3.80. The minimum absolute atomic E-state index is 0.0209. The van der Waals surface area contributed by atoms with Gasteiger partial charge in [0.05, 0.1) is 17.9 Å². The molecule has 1 unspecified atom stereocenters. The van der Waals surface area contributed by atoms with E-state index in [2.05, 4.69) is 4.90 Å². The molecule has 0 aliphatic carbocycles. The van der Waals surface area contributed by atoms with Crippen LogP contribution in [-0.2, 0) is 14.3 Å². The second-order valence-corrected chi connectivity index (χ2v) is 7.86. The van der Waals surface area contributed by atoms with E-state index in [1.165, 1.54) is 11.0 Å². The number of anilines is 2. The van der Waals surface area contributed by atoms with Crippen LogP contribution in [0.4, 0.5) is 20.6 Å². The summed E-state index contributed by atoms with van der Waals surface area (Å²) in [4.78, 5) is 27.0. The van der Waals surface area contributed by atoms with Gasteiger partial charge < -0.3 is 14.4 Å². The number of carbonyl (C=O) groups is 2. The lowest BCUT2D eigenvalue weighted by Crippen LogP contribution is -2.28. The van der Waals surface area contributed by atoms with Crippen LogP contribution < -0.4 is 9.80 Å². The average Bonchev–Trinajstić information content (AvgIpc) is 2.83. The van der Waals surface area contributed by atoms with Crippen LogP contribution in [0, 0.1) is 5.82 Å². The van der Waals surface area contributed by atoms with E-state index in [-0.39, 0.29) is 24.9 Å². The number of carbonyl (C=O) groups excluding carboxylic acids is 2. The van der Waals surface area contributed by atoms with Gasteiger partial charge in [-0.1, -0.05) is 6.92 Å². The largest absolute Gasteiger partial charge is 0.462 e. The van der Waals surface area contributed by atoms with Crippen molar-refractivity contribution in [1.82, 2.24) is 0 Å². The van der Waals surface area contributed by atoms with E-state index in [9.17, 15) is 14.0 Å². The molecule has 2 fully saturated rings. The molecule has 2 heterocycles. The normalized spacial score (nSPS) is 20.4. The Labute approximate surface area is 163 Å².